The minimum atomic E-state index is -0.127. The first kappa shape index (κ1) is 18.7. The normalized spacial score (nSPS) is 18.1. The SMILES string of the molecule is CCc1nc(C(=O)N2CCN(CC3CC3)CC2)nn1-c1c(Cl)cccc1Cl. The maximum Gasteiger partial charge on any atom is 0.293 e. The number of carbonyl (C=O) groups excluding carboxylic acids is 1. The summed E-state index contributed by atoms with van der Waals surface area (Å²) in [4.78, 5) is 21.7. The van der Waals surface area contributed by atoms with Crippen molar-refractivity contribution in [3.63, 3.8) is 0 Å². The third kappa shape index (κ3) is 3.98. The minimum absolute atomic E-state index is 0.127. The summed E-state index contributed by atoms with van der Waals surface area (Å²) in [6, 6.07) is 5.29. The van der Waals surface area contributed by atoms with Crippen LogP contribution < -0.4 is 0 Å². The van der Waals surface area contributed by atoms with Crippen LogP contribution in [0.15, 0.2) is 18.2 Å². The minimum Gasteiger partial charge on any atom is -0.333 e. The molecule has 2 aliphatic rings. The molecule has 1 aromatic heterocycles. The van der Waals surface area contributed by atoms with E-state index in [1.54, 1.807) is 22.9 Å². The quantitative estimate of drug-likeness (QED) is 0.762. The largest absolute Gasteiger partial charge is 0.333 e. The molecule has 2 fully saturated rings. The molecule has 1 aromatic carbocycles. The number of rotatable bonds is 5. The molecule has 6 nitrogen and oxygen atoms in total. The number of carbonyl (C=O) groups is 1. The van der Waals surface area contributed by atoms with Crippen molar-refractivity contribution in [1.82, 2.24) is 24.6 Å². The lowest BCUT2D eigenvalue weighted by Gasteiger charge is -2.34. The number of aryl methyl sites for hydroxylation is 1. The van der Waals surface area contributed by atoms with Crippen LogP contribution in [-0.4, -0.2) is 63.2 Å². The topological polar surface area (TPSA) is 54.3 Å². The number of nitrogens with zero attached hydrogens (tertiary/aromatic N) is 5. The number of halogens is 2. The van der Waals surface area contributed by atoms with Crippen molar-refractivity contribution >= 4 is 29.1 Å². The Morgan fingerprint density at radius 1 is 1.15 bits per heavy atom. The van der Waals surface area contributed by atoms with Gasteiger partial charge in [-0.15, -0.1) is 5.10 Å². The van der Waals surface area contributed by atoms with Gasteiger partial charge < -0.3 is 4.90 Å². The molecule has 0 N–H and O–H groups in total. The molecule has 8 heteroatoms. The Bertz CT molecular complexity index is 820. The van der Waals surface area contributed by atoms with Crippen LogP contribution in [0.4, 0.5) is 0 Å². The number of para-hydroxylation sites is 1. The standard InChI is InChI=1S/C19H23Cl2N5O/c1-2-16-22-18(23-26(16)17-14(20)4-3-5-15(17)21)19(27)25-10-8-24(9-11-25)12-13-6-7-13/h3-5,13H,2,6-12H2,1H3. The zero-order valence-electron chi connectivity index (χ0n) is 15.4. The van der Waals surface area contributed by atoms with Gasteiger partial charge in [-0.2, -0.15) is 0 Å². The predicted octanol–water partition coefficient (Wildman–Crippen LogP) is 3.30. The van der Waals surface area contributed by atoms with Crippen LogP contribution in [0.3, 0.4) is 0 Å². The molecule has 0 atom stereocenters. The van der Waals surface area contributed by atoms with E-state index in [-0.39, 0.29) is 11.7 Å². The average molecular weight is 408 g/mol. The van der Waals surface area contributed by atoms with Crippen LogP contribution in [0.25, 0.3) is 5.69 Å². The second-order valence-corrected chi connectivity index (χ2v) is 8.04. The summed E-state index contributed by atoms with van der Waals surface area (Å²) in [5.74, 6) is 1.62. The summed E-state index contributed by atoms with van der Waals surface area (Å²) in [5.41, 5.74) is 0.568. The van der Waals surface area contributed by atoms with Crippen molar-refractivity contribution < 1.29 is 4.79 Å². The predicted molar refractivity (Wildman–Crippen MR) is 106 cm³/mol. The summed E-state index contributed by atoms with van der Waals surface area (Å²) in [6.45, 7) is 6.40. The van der Waals surface area contributed by atoms with Crippen molar-refractivity contribution in [2.24, 2.45) is 5.92 Å². The van der Waals surface area contributed by atoms with Crippen molar-refractivity contribution in [3.8, 4) is 5.69 Å². The highest BCUT2D eigenvalue weighted by Crippen LogP contribution is 2.30. The lowest BCUT2D eigenvalue weighted by atomic mass is 10.2. The van der Waals surface area contributed by atoms with E-state index in [9.17, 15) is 4.79 Å². The van der Waals surface area contributed by atoms with Crippen LogP contribution in [0, 0.1) is 5.92 Å². The Balaban J connectivity index is 1.52. The molecule has 1 aliphatic heterocycles. The van der Waals surface area contributed by atoms with Crippen LogP contribution in [-0.2, 0) is 6.42 Å². The number of amides is 1. The molecule has 2 heterocycles. The van der Waals surface area contributed by atoms with Gasteiger partial charge in [0.2, 0.25) is 5.82 Å². The highest BCUT2D eigenvalue weighted by molar-refractivity contribution is 6.37. The van der Waals surface area contributed by atoms with Gasteiger partial charge in [-0.25, -0.2) is 9.67 Å². The molecular formula is C19H23Cl2N5O. The number of hydrogen-bond acceptors (Lipinski definition) is 4. The molecule has 1 saturated carbocycles. The molecule has 0 unspecified atom stereocenters. The number of piperazine rings is 1. The van der Waals surface area contributed by atoms with E-state index < -0.39 is 0 Å². The van der Waals surface area contributed by atoms with Gasteiger partial charge >= 0.3 is 0 Å². The second-order valence-electron chi connectivity index (χ2n) is 7.22. The van der Waals surface area contributed by atoms with E-state index in [1.807, 2.05) is 11.8 Å². The van der Waals surface area contributed by atoms with Gasteiger partial charge in [0, 0.05) is 39.1 Å². The van der Waals surface area contributed by atoms with Crippen molar-refractivity contribution in [2.45, 2.75) is 26.2 Å². The van der Waals surface area contributed by atoms with Gasteiger partial charge in [-0.1, -0.05) is 36.2 Å². The van der Waals surface area contributed by atoms with E-state index in [1.165, 1.54) is 19.4 Å². The maximum absolute atomic E-state index is 12.9. The molecule has 2 aromatic rings. The van der Waals surface area contributed by atoms with Crippen LogP contribution in [0.5, 0.6) is 0 Å². The highest BCUT2D eigenvalue weighted by atomic mass is 35.5. The van der Waals surface area contributed by atoms with Gasteiger partial charge in [0.05, 0.1) is 10.0 Å². The van der Waals surface area contributed by atoms with E-state index in [0.717, 1.165) is 19.0 Å². The Morgan fingerprint density at radius 3 is 2.41 bits per heavy atom. The summed E-state index contributed by atoms with van der Waals surface area (Å²) in [7, 11) is 0. The van der Waals surface area contributed by atoms with Gasteiger partial charge in [0.1, 0.15) is 11.5 Å². The second kappa shape index (κ2) is 7.78. The monoisotopic (exact) mass is 407 g/mol. The van der Waals surface area contributed by atoms with Gasteiger partial charge in [-0.05, 0) is 30.9 Å². The molecule has 1 amide bonds. The van der Waals surface area contributed by atoms with E-state index >= 15 is 0 Å². The smallest absolute Gasteiger partial charge is 0.293 e. The molecule has 27 heavy (non-hydrogen) atoms. The summed E-state index contributed by atoms with van der Waals surface area (Å²) >= 11 is 12.6. The maximum atomic E-state index is 12.9. The first-order valence-corrected chi connectivity index (χ1v) is 10.2. The zero-order chi connectivity index (χ0) is 19.0. The number of hydrogen-bond donors (Lipinski definition) is 0. The number of benzene rings is 1. The van der Waals surface area contributed by atoms with Crippen LogP contribution in [0.1, 0.15) is 36.2 Å². The Labute approximate surface area is 169 Å². The Hall–Kier alpha value is -1.63. The molecule has 1 saturated heterocycles. The highest BCUT2D eigenvalue weighted by Gasteiger charge is 2.29. The Morgan fingerprint density at radius 2 is 1.81 bits per heavy atom. The third-order valence-corrected chi connectivity index (χ3v) is 5.81. The van der Waals surface area contributed by atoms with Gasteiger partial charge in [0.25, 0.3) is 5.91 Å². The molecule has 144 valence electrons. The third-order valence-electron chi connectivity index (χ3n) is 5.20. The van der Waals surface area contributed by atoms with Crippen molar-refractivity contribution in [1.29, 1.82) is 0 Å². The molecule has 0 spiro atoms. The van der Waals surface area contributed by atoms with Crippen LogP contribution >= 0.6 is 23.2 Å². The van der Waals surface area contributed by atoms with E-state index in [0.29, 0.717) is 41.1 Å². The summed E-state index contributed by atoms with van der Waals surface area (Å²) < 4.78 is 1.60. The summed E-state index contributed by atoms with van der Waals surface area (Å²) in [5, 5.41) is 5.42. The first-order chi connectivity index (χ1) is 13.1. The zero-order valence-corrected chi connectivity index (χ0v) is 16.9. The fraction of sp³-hybridized carbons (Fsp3) is 0.526. The molecule has 1 aliphatic carbocycles. The average Bonchev–Trinajstić information content (AvgIpc) is 3.38. The van der Waals surface area contributed by atoms with Gasteiger partial charge in [0.15, 0.2) is 0 Å². The number of aromatic nitrogens is 3. The first-order valence-electron chi connectivity index (χ1n) is 9.48. The molecular weight excluding hydrogens is 385 g/mol. The summed E-state index contributed by atoms with van der Waals surface area (Å²) in [6.07, 6.45) is 3.33. The molecule has 0 radical (unpaired) electrons. The van der Waals surface area contributed by atoms with Crippen molar-refractivity contribution in [3.05, 3.63) is 39.9 Å². The Kier molecular flexibility index (Phi) is 5.39. The molecule has 0 bridgehead atoms. The lowest BCUT2D eigenvalue weighted by molar-refractivity contribution is 0.0620. The lowest BCUT2D eigenvalue weighted by Crippen LogP contribution is -2.49. The van der Waals surface area contributed by atoms with E-state index in [2.05, 4.69) is 15.0 Å². The van der Waals surface area contributed by atoms with Crippen molar-refractivity contribution in [2.75, 3.05) is 32.7 Å². The van der Waals surface area contributed by atoms with Crippen LogP contribution in [0.2, 0.25) is 10.0 Å². The van der Waals surface area contributed by atoms with Gasteiger partial charge in [-0.3, -0.25) is 9.69 Å². The fourth-order valence-corrected chi connectivity index (χ4v) is 4.03. The fourth-order valence-electron chi connectivity index (χ4n) is 3.47. The van der Waals surface area contributed by atoms with E-state index in [4.69, 9.17) is 23.2 Å². The molecule has 4 rings (SSSR count).